The van der Waals surface area contributed by atoms with E-state index >= 15 is 0 Å². The minimum Gasteiger partial charge on any atom is -0.392 e. The number of aliphatic hydroxyl groups is 1. The van der Waals surface area contributed by atoms with Gasteiger partial charge in [0.05, 0.1) is 6.61 Å². The molecule has 0 spiro atoms. The molecule has 2 rings (SSSR count). The molecule has 0 aliphatic heterocycles. The fourth-order valence-electron chi connectivity index (χ4n) is 1.59. The Balaban J connectivity index is 2.64. The molecule has 16 heavy (non-hydrogen) atoms. The van der Waals surface area contributed by atoms with Gasteiger partial charge in [-0.15, -0.1) is 0 Å². The lowest BCUT2D eigenvalue weighted by molar-refractivity contribution is 0.276. The Morgan fingerprint density at radius 3 is 2.38 bits per heavy atom. The van der Waals surface area contributed by atoms with Gasteiger partial charge in [-0.3, -0.25) is 0 Å². The lowest BCUT2D eigenvalue weighted by Gasteiger charge is -2.09. The van der Waals surface area contributed by atoms with Crippen molar-refractivity contribution in [1.29, 1.82) is 0 Å². The van der Waals surface area contributed by atoms with Gasteiger partial charge in [0.1, 0.15) is 5.82 Å². The predicted molar refractivity (Wildman–Crippen MR) is 65.5 cm³/mol. The van der Waals surface area contributed by atoms with Gasteiger partial charge in [0.2, 0.25) is 0 Å². The predicted octanol–water partition coefficient (Wildman–Crippen LogP) is 3.75. The summed E-state index contributed by atoms with van der Waals surface area (Å²) in [6.07, 6.45) is 0. The Hall–Kier alpha value is -1.19. The van der Waals surface area contributed by atoms with Gasteiger partial charge in [0.25, 0.3) is 0 Å². The summed E-state index contributed by atoms with van der Waals surface area (Å²) in [6.45, 7) is -0.293. The molecule has 0 fully saturated rings. The molecule has 82 valence electrons. The molecule has 0 aliphatic rings. The van der Waals surface area contributed by atoms with Crippen LogP contribution in [0.1, 0.15) is 5.56 Å². The molecule has 0 amide bonds. The minimum absolute atomic E-state index is 0.293. The van der Waals surface area contributed by atoms with E-state index in [9.17, 15) is 4.39 Å². The highest BCUT2D eigenvalue weighted by Gasteiger charge is 2.12. The van der Waals surface area contributed by atoms with Crippen molar-refractivity contribution in [3.63, 3.8) is 0 Å². The summed E-state index contributed by atoms with van der Waals surface area (Å²) in [4.78, 5) is 0. The van der Waals surface area contributed by atoms with Crippen LogP contribution in [0.4, 0.5) is 4.39 Å². The number of hydrogen-bond donors (Lipinski definition) is 1. The van der Waals surface area contributed by atoms with Gasteiger partial charge >= 0.3 is 0 Å². The average Bonchev–Trinajstić information content (AvgIpc) is 2.31. The van der Waals surface area contributed by atoms with Crippen LogP contribution in [0.25, 0.3) is 11.1 Å². The summed E-state index contributed by atoms with van der Waals surface area (Å²) in [6, 6.07) is 12.6. The summed E-state index contributed by atoms with van der Waals surface area (Å²) < 4.78 is 14.7. The second-order valence-electron chi connectivity index (χ2n) is 3.42. The van der Waals surface area contributed by atoms with E-state index in [1.807, 2.05) is 30.3 Å². The lowest BCUT2D eigenvalue weighted by atomic mass is 10.0. The van der Waals surface area contributed by atoms with Gasteiger partial charge in [-0.2, -0.15) is 0 Å². The highest BCUT2D eigenvalue weighted by molar-refractivity contribution is 9.10. The van der Waals surface area contributed by atoms with Crippen molar-refractivity contribution >= 4 is 15.9 Å². The normalized spacial score (nSPS) is 10.4. The van der Waals surface area contributed by atoms with Gasteiger partial charge in [-0.1, -0.05) is 52.3 Å². The van der Waals surface area contributed by atoms with E-state index < -0.39 is 0 Å². The maximum Gasteiger partial charge on any atom is 0.137 e. The summed E-state index contributed by atoms with van der Waals surface area (Å²) in [5.41, 5.74) is 1.59. The van der Waals surface area contributed by atoms with E-state index in [-0.39, 0.29) is 12.4 Å². The Labute approximate surface area is 102 Å². The Morgan fingerprint density at radius 2 is 1.75 bits per heavy atom. The van der Waals surface area contributed by atoms with Crippen LogP contribution in [0.5, 0.6) is 0 Å². The summed E-state index contributed by atoms with van der Waals surface area (Å²) in [5.74, 6) is -0.372. The van der Waals surface area contributed by atoms with Gasteiger partial charge < -0.3 is 5.11 Å². The zero-order valence-electron chi connectivity index (χ0n) is 8.45. The zero-order chi connectivity index (χ0) is 11.5. The maximum absolute atomic E-state index is 14.0. The molecule has 0 saturated carbocycles. The smallest absolute Gasteiger partial charge is 0.137 e. The van der Waals surface area contributed by atoms with Crippen molar-refractivity contribution < 1.29 is 9.50 Å². The van der Waals surface area contributed by atoms with Crippen LogP contribution in [-0.4, -0.2) is 5.11 Å². The van der Waals surface area contributed by atoms with Gasteiger partial charge in [0, 0.05) is 15.6 Å². The van der Waals surface area contributed by atoms with Crippen LogP contribution in [0, 0.1) is 5.82 Å². The van der Waals surface area contributed by atoms with E-state index in [1.165, 1.54) is 0 Å². The van der Waals surface area contributed by atoms with Crippen LogP contribution in [-0.2, 0) is 6.61 Å². The van der Waals surface area contributed by atoms with Crippen LogP contribution < -0.4 is 0 Å². The van der Waals surface area contributed by atoms with Crippen LogP contribution >= 0.6 is 15.9 Å². The van der Waals surface area contributed by atoms with Crippen LogP contribution in [0.15, 0.2) is 46.9 Å². The quantitative estimate of drug-likeness (QED) is 0.888. The van der Waals surface area contributed by atoms with E-state index in [0.29, 0.717) is 15.6 Å². The summed E-state index contributed by atoms with van der Waals surface area (Å²) >= 11 is 3.33. The van der Waals surface area contributed by atoms with Gasteiger partial charge in [-0.25, -0.2) is 4.39 Å². The SMILES string of the molecule is OCc1ccc(Br)c(-c2ccccc2)c1F. The summed E-state index contributed by atoms with van der Waals surface area (Å²) in [7, 11) is 0. The standard InChI is InChI=1S/C13H10BrFO/c14-11-7-6-10(8-16)13(15)12(11)9-4-2-1-3-5-9/h1-7,16H,8H2. The highest BCUT2D eigenvalue weighted by atomic mass is 79.9. The third-order valence-electron chi connectivity index (χ3n) is 2.40. The van der Waals surface area contributed by atoms with Crippen LogP contribution in [0.3, 0.4) is 0 Å². The monoisotopic (exact) mass is 280 g/mol. The molecule has 0 aromatic heterocycles. The van der Waals surface area contributed by atoms with E-state index in [4.69, 9.17) is 5.11 Å². The number of benzene rings is 2. The third-order valence-corrected chi connectivity index (χ3v) is 3.06. The third kappa shape index (κ3) is 2.01. The number of halogens is 2. The first-order valence-corrected chi connectivity index (χ1v) is 5.66. The second kappa shape index (κ2) is 4.76. The molecule has 0 saturated heterocycles. The van der Waals surface area contributed by atoms with Crippen molar-refractivity contribution in [2.24, 2.45) is 0 Å². The van der Waals surface area contributed by atoms with Gasteiger partial charge in [-0.05, 0) is 11.6 Å². The summed E-state index contributed by atoms with van der Waals surface area (Å²) in [5, 5.41) is 9.03. The fraction of sp³-hybridized carbons (Fsp3) is 0.0769. The molecular formula is C13H10BrFO. The van der Waals surface area contributed by atoms with Crippen LogP contribution in [0.2, 0.25) is 0 Å². The van der Waals surface area contributed by atoms with Crippen molar-refractivity contribution in [2.45, 2.75) is 6.61 Å². The molecule has 3 heteroatoms. The molecule has 2 aromatic carbocycles. The number of aliphatic hydroxyl groups excluding tert-OH is 1. The molecule has 2 aromatic rings. The largest absolute Gasteiger partial charge is 0.392 e. The second-order valence-corrected chi connectivity index (χ2v) is 4.27. The first-order valence-electron chi connectivity index (χ1n) is 4.87. The Bertz CT molecular complexity index is 497. The van der Waals surface area contributed by atoms with Crippen molar-refractivity contribution in [3.8, 4) is 11.1 Å². The van der Waals surface area contributed by atoms with Crippen molar-refractivity contribution in [3.05, 3.63) is 58.3 Å². The highest BCUT2D eigenvalue weighted by Crippen LogP contribution is 2.32. The molecule has 1 nitrogen and oxygen atoms in total. The fourth-order valence-corrected chi connectivity index (χ4v) is 2.12. The molecule has 0 atom stereocenters. The molecule has 0 aliphatic carbocycles. The lowest BCUT2D eigenvalue weighted by Crippen LogP contribution is -1.94. The molecular weight excluding hydrogens is 271 g/mol. The average molecular weight is 281 g/mol. The van der Waals surface area contributed by atoms with Gasteiger partial charge in [0.15, 0.2) is 0 Å². The van der Waals surface area contributed by atoms with Crippen molar-refractivity contribution in [2.75, 3.05) is 0 Å². The first kappa shape index (κ1) is 11.3. The maximum atomic E-state index is 14.0. The Kier molecular flexibility index (Phi) is 3.36. The molecule has 1 N–H and O–H groups in total. The van der Waals surface area contributed by atoms with Crippen molar-refractivity contribution in [1.82, 2.24) is 0 Å². The molecule has 0 heterocycles. The Morgan fingerprint density at radius 1 is 1.06 bits per heavy atom. The van der Waals surface area contributed by atoms with E-state index in [1.54, 1.807) is 12.1 Å². The number of rotatable bonds is 2. The molecule has 0 radical (unpaired) electrons. The van der Waals surface area contributed by atoms with E-state index in [0.717, 1.165) is 5.56 Å². The topological polar surface area (TPSA) is 20.2 Å². The first-order chi connectivity index (χ1) is 7.74. The zero-order valence-corrected chi connectivity index (χ0v) is 10.0. The number of hydrogen-bond acceptors (Lipinski definition) is 1. The molecule has 0 unspecified atom stereocenters. The molecule has 0 bridgehead atoms. The van der Waals surface area contributed by atoms with E-state index in [2.05, 4.69) is 15.9 Å². The minimum atomic E-state index is -0.372.